The van der Waals surface area contributed by atoms with Crippen LogP contribution < -0.4 is 10.6 Å². The van der Waals surface area contributed by atoms with Crippen molar-refractivity contribution in [3.05, 3.63) is 11.8 Å². The van der Waals surface area contributed by atoms with Crippen molar-refractivity contribution in [2.45, 2.75) is 26.8 Å². The zero-order valence-electron chi connectivity index (χ0n) is 14.2. The van der Waals surface area contributed by atoms with E-state index in [1.165, 1.54) is 6.92 Å². The van der Waals surface area contributed by atoms with Gasteiger partial charge in [0, 0.05) is 39.2 Å². The quantitative estimate of drug-likeness (QED) is 0.756. The Morgan fingerprint density at radius 1 is 1.29 bits per heavy atom. The van der Waals surface area contributed by atoms with E-state index < -0.39 is 6.04 Å². The van der Waals surface area contributed by atoms with Crippen molar-refractivity contribution in [3.63, 3.8) is 0 Å². The van der Waals surface area contributed by atoms with Gasteiger partial charge in [-0.15, -0.1) is 0 Å². The molecule has 1 aliphatic rings. The van der Waals surface area contributed by atoms with E-state index in [4.69, 9.17) is 4.52 Å². The number of nitrogens with one attached hydrogen (secondary N) is 2. The van der Waals surface area contributed by atoms with Gasteiger partial charge in [-0.25, -0.2) is 0 Å². The second kappa shape index (κ2) is 7.91. The second-order valence-corrected chi connectivity index (χ2v) is 5.89. The lowest BCUT2D eigenvalue weighted by Gasteiger charge is -2.35. The number of aryl methyl sites for hydroxylation is 1. The number of carbonyl (C=O) groups excluding carboxylic acids is 3. The summed E-state index contributed by atoms with van der Waals surface area (Å²) in [6, 6.07) is 1.12. The van der Waals surface area contributed by atoms with E-state index in [1.807, 2.05) is 4.90 Å². The normalized spacial score (nSPS) is 16.5. The maximum absolute atomic E-state index is 12.2. The molecule has 1 aliphatic heterocycles. The Kier molecular flexibility index (Phi) is 5.91. The van der Waals surface area contributed by atoms with Crippen LogP contribution in [0.4, 0.5) is 5.82 Å². The van der Waals surface area contributed by atoms with Crippen molar-refractivity contribution in [1.82, 2.24) is 20.3 Å². The molecule has 1 aromatic rings. The SMILES string of the molecule is CC(=O)NC(C)C(=O)N1CCN(CC(=O)Nc2cc(C)on2)CC1. The predicted octanol–water partition coefficient (Wildman–Crippen LogP) is -0.410. The number of aromatic nitrogens is 1. The molecule has 24 heavy (non-hydrogen) atoms. The highest BCUT2D eigenvalue weighted by Gasteiger charge is 2.26. The molecule has 0 bridgehead atoms. The molecule has 9 heteroatoms. The van der Waals surface area contributed by atoms with Gasteiger partial charge in [0.05, 0.1) is 6.54 Å². The number of piperazine rings is 1. The molecule has 2 rings (SSSR count). The molecule has 3 amide bonds. The number of carbonyl (C=O) groups is 3. The zero-order chi connectivity index (χ0) is 17.7. The predicted molar refractivity (Wildman–Crippen MR) is 86.2 cm³/mol. The number of rotatable bonds is 5. The molecule has 2 heterocycles. The third-order valence-corrected chi connectivity index (χ3v) is 3.74. The van der Waals surface area contributed by atoms with E-state index >= 15 is 0 Å². The number of hydrogen-bond donors (Lipinski definition) is 2. The van der Waals surface area contributed by atoms with Gasteiger partial charge in [-0.1, -0.05) is 5.16 Å². The Morgan fingerprint density at radius 2 is 1.96 bits per heavy atom. The third-order valence-electron chi connectivity index (χ3n) is 3.74. The fourth-order valence-electron chi connectivity index (χ4n) is 2.58. The molecule has 1 saturated heterocycles. The van der Waals surface area contributed by atoms with Crippen LogP contribution >= 0.6 is 0 Å². The molecule has 0 radical (unpaired) electrons. The molecule has 2 N–H and O–H groups in total. The Morgan fingerprint density at radius 3 is 2.50 bits per heavy atom. The summed E-state index contributed by atoms with van der Waals surface area (Å²) in [4.78, 5) is 38.9. The Bertz CT molecular complexity index is 607. The van der Waals surface area contributed by atoms with E-state index in [9.17, 15) is 14.4 Å². The summed E-state index contributed by atoms with van der Waals surface area (Å²) >= 11 is 0. The summed E-state index contributed by atoms with van der Waals surface area (Å²) in [5, 5.41) is 8.97. The number of amides is 3. The van der Waals surface area contributed by atoms with Crippen molar-refractivity contribution >= 4 is 23.5 Å². The zero-order valence-corrected chi connectivity index (χ0v) is 14.2. The van der Waals surface area contributed by atoms with Crippen LogP contribution in [0.3, 0.4) is 0 Å². The minimum atomic E-state index is -0.534. The minimum absolute atomic E-state index is 0.104. The highest BCUT2D eigenvalue weighted by atomic mass is 16.5. The minimum Gasteiger partial charge on any atom is -0.360 e. The van der Waals surface area contributed by atoms with Gasteiger partial charge in [0.2, 0.25) is 17.7 Å². The van der Waals surface area contributed by atoms with Crippen LogP contribution in [0.1, 0.15) is 19.6 Å². The average Bonchev–Trinajstić information content (AvgIpc) is 2.91. The summed E-state index contributed by atoms with van der Waals surface area (Å²) in [7, 11) is 0. The van der Waals surface area contributed by atoms with Gasteiger partial charge < -0.3 is 20.1 Å². The molecule has 1 fully saturated rings. The first-order chi connectivity index (χ1) is 11.3. The lowest BCUT2D eigenvalue weighted by atomic mass is 10.2. The van der Waals surface area contributed by atoms with Crippen LogP contribution in [0.15, 0.2) is 10.6 Å². The number of hydrogen-bond acceptors (Lipinski definition) is 6. The monoisotopic (exact) mass is 337 g/mol. The maximum Gasteiger partial charge on any atom is 0.244 e. The molecule has 0 aromatic carbocycles. The summed E-state index contributed by atoms with van der Waals surface area (Å²) in [5.74, 6) is 0.525. The molecule has 1 unspecified atom stereocenters. The van der Waals surface area contributed by atoms with Crippen molar-refractivity contribution < 1.29 is 18.9 Å². The van der Waals surface area contributed by atoms with Crippen LogP contribution in [0, 0.1) is 6.92 Å². The van der Waals surface area contributed by atoms with Crippen molar-refractivity contribution in [2.75, 3.05) is 38.0 Å². The van der Waals surface area contributed by atoms with Crippen LogP contribution in [0.2, 0.25) is 0 Å². The number of nitrogens with zero attached hydrogens (tertiary/aromatic N) is 3. The summed E-state index contributed by atoms with van der Waals surface area (Å²) in [6.45, 7) is 7.29. The van der Waals surface area contributed by atoms with Crippen LogP contribution in [0.25, 0.3) is 0 Å². The molecule has 0 saturated carbocycles. The van der Waals surface area contributed by atoms with Crippen molar-refractivity contribution in [1.29, 1.82) is 0 Å². The van der Waals surface area contributed by atoms with Gasteiger partial charge in [0.25, 0.3) is 0 Å². The topological polar surface area (TPSA) is 108 Å². The molecule has 1 aromatic heterocycles. The third kappa shape index (κ3) is 5.05. The van der Waals surface area contributed by atoms with E-state index in [1.54, 1.807) is 24.8 Å². The van der Waals surface area contributed by atoms with Gasteiger partial charge in [0.15, 0.2) is 5.82 Å². The Hall–Kier alpha value is -2.42. The summed E-state index contributed by atoms with van der Waals surface area (Å²) < 4.78 is 4.89. The first kappa shape index (κ1) is 17.9. The maximum atomic E-state index is 12.2. The fourth-order valence-corrected chi connectivity index (χ4v) is 2.58. The standard InChI is InChI=1S/C15H23N5O4/c1-10-8-13(18-24-10)17-14(22)9-19-4-6-20(7-5-19)15(23)11(2)16-12(3)21/h8,11H,4-7,9H2,1-3H3,(H,16,21)(H,17,18,22). The lowest BCUT2D eigenvalue weighted by Crippen LogP contribution is -2.54. The molecular weight excluding hydrogens is 314 g/mol. The van der Waals surface area contributed by atoms with Gasteiger partial charge in [-0.2, -0.15) is 0 Å². The fraction of sp³-hybridized carbons (Fsp3) is 0.600. The highest BCUT2D eigenvalue weighted by molar-refractivity contribution is 5.91. The molecule has 0 aliphatic carbocycles. The molecule has 0 spiro atoms. The van der Waals surface area contributed by atoms with Crippen molar-refractivity contribution in [3.8, 4) is 0 Å². The van der Waals surface area contributed by atoms with Crippen LogP contribution in [0.5, 0.6) is 0 Å². The Balaban J connectivity index is 1.75. The highest BCUT2D eigenvalue weighted by Crippen LogP contribution is 2.08. The van der Waals surface area contributed by atoms with Gasteiger partial charge in [0.1, 0.15) is 11.8 Å². The Labute approximate surface area is 140 Å². The van der Waals surface area contributed by atoms with E-state index in [2.05, 4.69) is 15.8 Å². The average molecular weight is 337 g/mol. The molecular formula is C15H23N5O4. The van der Waals surface area contributed by atoms with Crippen LogP contribution in [-0.2, 0) is 14.4 Å². The van der Waals surface area contributed by atoms with E-state index in [0.29, 0.717) is 37.8 Å². The van der Waals surface area contributed by atoms with Gasteiger partial charge >= 0.3 is 0 Å². The van der Waals surface area contributed by atoms with Crippen molar-refractivity contribution in [2.24, 2.45) is 0 Å². The number of anilines is 1. The van der Waals surface area contributed by atoms with E-state index in [-0.39, 0.29) is 24.3 Å². The second-order valence-electron chi connectivity index (χ2n) is 5.89. The van der Waals surface area contributed by atoms with E-state index in [0.717, 1.165) is 0 Å². The van der Waals surface area contributed by atoms with Gasteiger partial charge in [-0.3, -0.25) is 19.3 Å². The van der Waals surface area contributed by atoms with Gasteiger partial charge in [-0.05, 0) is 13.8 Å². The summed E-state index contributed by atoms with van der Waals surface area (Å²) in [6.07, 6.45) is 0. The lowest BCUT2D eigenvalue weighted by molar-refractivity contribution is -0.137. The van der Waals surface area contributed by atoms with Crippen LogP contribution in [-0.4, -0.2) is 71.4 Å². The molecule has 9 nitrogen and oxygen atoms in total. The first-order valence-corrected chi connectivity index (χ1v) is 7.86. The molecule has 1 atom stereocenters. The summed E-state index contributed by atoms with van der Waals surface area (Å²) in [5.41, 5.74) is 0. The first-order valence-electron chi connectivity index (χ1n) is 7.86. The largest absolute Gasteiger partial charge is 0.360 e. The molecule has 132 valence electrons. The smallest absolute Gasteiger partial charge is 0.244 e.